The summed E-state index contributed by atoms with van der Waals surface area (Å²) in [6.45, 7) is 1.77. The highest BCUT2D eigenvalue weighted by Gasteiger charge is 2.30. The monoisotopic (exact) mass is 219 g/mol. The Labute approximate surface area is 89.1 Å². The van der Waals surface area contributed by atoms with E-state index in [0.717, 1.165) is 31.2 Å². The maximum absolute atomic E-state index is 10.8. The summed E-state index contributed by atoms with van der Waals surface area (Å²) in [4.78, 5) is 0. The smallest absolute Gasteiger partial charge is 0.0618 e. The van der Waals surface area contributed by atoms with Gasteiger partial charge in [0, 0.05) is 36.0 Å². The van der Waals surface area contributed by atoms with Gasteiger partial charge in [-0.3, -0.25) is 4.21 Å². The Morgan fingerprint density at radius 3 is 2.79 bits per heavy atom. The van der Waals surface area contributed by atoms with Crippen LogP contribution in [-0.4, -0.2) is 42.5 Å². The zero-order valence-corrected chi connectivity index (χ0v) is 9.94. The van der Waals surface area contributed by atoms with E-state index in [-0.39, 0.29) is 0 Å². The van der Waals surface area contributed by atoms with Crippen molar-refractivity contribution >= 4 is 10.8 Å². The van der Waals surface area contributed by atoms with Crippen molar-refractivity contribution in [3.05, 3.63) is 0 Å². The third kappa shape index (κ3) is 5.08. The van der Waals surface area contributed by atoms with Gasteiger partial charge in [-0.05, 0) is 31.7 Å². The first-order valence-corrected chi connectivity index (χ1v) is 6.99. The molecule has 84 valence electrons. The third-order valence-corrected chi connectivity index (χ3v) is 3.42. The molecule has 2 atom stereocenters. The molecule has 0 aromatic heterocycles. The van der Waals surface area contributed by atoms with Crippen LogP contribution in [0, 0.1) is 5.92 Å². The molecule has 0 aromatic rings. The van der Waals surface area contributed by atoms with Crippen molar-refractivity contribution in [2.24, 2.45) is 5.92 Å². The molecule has 0 aromatic carbocycles. The highest BCUT2D eigenvalue weighted by atomic mass is 32.2. The minimum absolute atomic E-state index is 0.519. The molecule has 1 aliphatic rings. The molecule has 1 fully saturated rings. The highest BCUT2D eigenvalue weighted by Crippen LogP contribution is 2.32. The van der Waals surface area contributed by atoms with Crippen LogP contribution in [0.2, 0.25) is 0 Å². The molecule has 0 spiro atoms. The molecule has 0 radical (unpaired) electrons. The van der Waals surface area contributed by atoms with Crippen molar-refractivity contribution in [1.82, 2.24) is 5.32 Å². The Morgan fingerprint density at radius 2 is 2.29 bits per heavy atom. The van der Waals surface area contributed by atoms with Gasteiger partial charge in [-0.25, -0.2) is 0 Å². The van der Waals surface area contributed by atoms with E-state index in [1.54, 1.807) is 13.4 Å². The van der Waals surface area contributed by atoms with Crippen LogP contribution in [0.4, 0.5) is 0 Å². The van der Waals surface area contributed by atoms with Crippen LogP contribution in [0.3, 0.4) is 0 Å². The topological polar surface area (TPSA) is 38.3 Å². The zero-order valence-electron chi connectivity index (χ0n) is 9.12. The normalized spacial score (nSPS) is 20.7. The van der Waals surface area contributed by atoms with E-state index in [1.807, 2.05) is 0 Å². The lowest BCUT2D eigenvalue weighted by atomic mass is 10.2. The van der Waals surface area contributed by atoms with Gasteiger partial charge in [0.2, 0.25) is 0 Å². The summed E-state index contributed by atoms with van der Waals surface area (Å²) < 4.78 is 16.0. The fourth-order valence-corrected chi connectivity index (χ4v) is 2.15. The summed E-state index contributed by atoms with van der Waals surface area (Å²) >= 11 is 0. The molecule has 3 nitrogen and oxygen atoms in total. The van der Waals surface area contributed by atoms with Crippen LogP contribution in [-0.2, 0) is 15.5 Å². The maximum Gasteiger partial charge on any atom is 0.0618 e. The average molecular weight is 219 g/mol. The minimum atomic E-state index is -0.650. The van der Waals surface area contributed by atoms with Gasteiger partial charge in [0.05, 0.1) is 6.61 Å². The molecule has 2 unspecified atom stereocenters. The lowest BCUT2D eigenvalue weighted by Crippen LogP contribution is -2.36. The molecular weight excluding hydrogens is 198 g/mol. The number of hydrogen-bond donors (Lipinski definition) is 1. The lowest BCUT2D eigenvalue weighted by molar-refractivity contribution is 0.158. The molecule has 1 N–H and O–H groups in total. The van der Waals surface area contributed by atoms with Gasteiger partial charge < -0.3 is 10.1 Å². The molecule has 1 saturated carbocycles. The van der Waals surface area contributed by atoms with E-state index < -0.39 is 10.8 Å². The van der Waals surface area contributed by atoms with Gasteiger partial charge in [-0.1, -0.05) is 0 Å². The molecule has 14 heavy (non-hydrogen) atoms. The number of nitrogens with one attached hydrogen (secondary N) is 1. The Balaban J connectivity index is 2.04. The molecule has 4 heteroatoms. The molecule has 1 aliphatic carbocycles. The molecule has 0 bridgehead atoms. The van der Waals surface area contributed by atoms with Gasteiger partial charge >= 0.3 is 0 Å². The first kappa shape index (κ1) is 12.1. The Bertz CT molecular complexity index is 183. The van der Waals surface area contributed by atoms with E-state index in [2.05, 4.69) is 5.32 Å². The van der Waals surface area contributed by atoms with E-state index in [4.69, 9.17) is 4.74 Å². The second-order valence-corrected chi connectivity index (χ2v) is 5.54. The molecule has 0 saturated heterocycles. The summed E-state index contributed by atoms with van der Waals surface area (Å²) in [6.07, 6.45) is 5.42. The molecule has 0 aliphatic heterocycles. The fraction of sp³-hybridized carbons (Fsp3) is 1.00. The van der Waals surface area contributed by atoms with E-state index in [0.29, 0.717) is 6.04 Å². The van der Waals surface area contributed by atoms with Crippen molar-refractivity contribution in [3.8, 4) is 0 Å². The molecule has 0 heterocycles. The van der Waals surface area contributed by atoms with Crippen LogP contribution < -0.4 is 5.32 Å². The van der Waals surface area contributed by atoms with E-state index >= 15 is 0 Å². The largest absolute Gasteiger partial charge is 0.383 e. The maximum atomic E-state index is 10.8. The number of rotatable bonds is 8. The van der Waals surface area contributed by atoms with Crippen LogP contribution in [0.1, 0.15) is 19.3 Å². The summed E-state index contributed by atoms with van der Waals surface area (Å²) in [5, 5.41) is 3.48. The molecule has 0 amide bonds. The zero-order chi connectivity index (χ0) is 10.4. The number of methoxy groups -OCH3 is 1. The fourth-order valence-electron chi connectivity index (χ4n) is 1.60. The third-order valence-electron chi connectivity index (χ3n) is 2.55. The van der Waals surface area contributed by atoms with Crippen LogP contribution in [0.15, 0.2) is 0 Å². The van der Waals surface area contributed by atoms with Gasteiger partial charge in [0.25, 0.3) is 0 Å². The standard InChI is InChI=1S/C10H21NO2S/c1-13-8-10(9-4-5-9)11-6-3-7-14(2)12/h9-11H,3-8H2,1-2H3. The second-order valence-electron chi connectivity index (χ2n) is 3.98. The van der Waals surface area contributed by atoms with Gasteiger partial charge in [-0.15, -0.1) is 0 Å². The predicted molar refractivity (Wildman–Crippen MR) is 59.9 cm³/mol. The van der Waals surface area contributed by atoms with Crippen LogP contribution in [0.25, 0.3) is 0 Å². The van der Waals surface area contributed by atoms with E-state index in [9.17, 15) is 4.21 Å². The van der Waals surface area contributed by atoms with Gasteiger partial charge in [-0.2, -0.15) is 0 Å². The van der Waals surface area contributed by atoms with E-state index in [1.165, 1.54) is 12.8 Å². The van der Waals surface area contributed by atoms with Gasteiger partial charge in [0.1, 0.15) is 0 Å². The Hall–Kier alpha value is 0.0700. The summed E-state index contributed by atoms with van der Waals surface area (Å²) in [6, 6.07) is 0.519. The summed E-state index contributed by atoms with van der Waals surface area (Å²) in [7, 11) is 1.10. The quantitative estimate of drug-likeness (QED) is 0.613. The molecule has 1 rings (SSSR count). The molecular formula is C10H21NO2S. The Morgan fingerprint density at radius 1 is 1.57 bits per heavy atom. The van der Waals surface area contributed by atoms with Crippen molar-refractivity contribution < 1.29 is 8.95 Å². The Kier molecular flexibility index (Phi) is 5.67. The first-order valence-electron chi connectivity index (χ1n) is 5.26. The SMILES string of the molecule is COCC(NCCCS(C)=O)C1CC1. The van der Waals surface area contributed by atoms with Gasteiger partial charge in [0.15, 0.2) is 0 Å². The summed E-state index contributed by atoms with van der Waals surface area (Å²) in [5.74, 6) is 1.62. The minimum Gasteiger partial charge on any atom is -0.383 e. The average Bonchev–Trinajstić information content (AvgIpc) is 2.93. The summed E-state index contributed by atoms with van der Waals surface area (Å²) in [5.41, 5.74) is 0. The predicted octanol–water partition coefficient (Wildman–Crippen LogP) is 0.770. The van der Waals surface area contributed by atoms with Crippen molar-refractivity contribution in [3.63, 3.8) is 0 Å². The number of ether oxygens (including phenoxy) is 1. The second kappa shape index (κ2) is 6.53. The first-order chi connectivity index (χ1) is 6.74. The van der Waals surface area contributed by atoms with Crippen molar-refractivity contribution in [1.29, 1.82) is 0 Å². The van der Waals surface area contributed by atoms with Crippen molar-refractivity contribution in [2.75, 3.05) is 32.3 Å². The van der Waals surface area contributed by atoms with Crippen molar-refractivity contribution in [2.45, 2.75) is 25.3 Å². The van der Waals surface area contributed by atoms with Crippen LogP contribution >= 0.6 is 0 Å². The lowest BCUT2D eigenvalue weighted by Gasteiger charge is -2.16. The number of hydrogen-bond acceptors (Lipinski definition) is 3. The highest BCUT2D eigenvalue weighted by molar-refractivity contribution is 7.84. The van der Waals surface area contributed by atoms with Crippen LogP contribution in [0.5, 0.6) is 0 Å².